The van der Waals surface area contributed by atoms with Gasteiger partial charge < -0.3 is 39.8 Å². The van der Waals surface area contributed by atoms with Crippen molar-refractivity contribution >= 4 is 51.3 Å². The van der Waals surface area contributed by atoms with Gasteiger partial charge in [-0.3, -0.25) is 24.1 Å². The first-order valence-electron chi connectivity index (χ1n) is 25.2. The molecule has 16 heteroatoms. The van der Waals surface area contributed by atoms with E-state index in [2.05, 4.69) is 22.8 Å². The minimum Gasteiger partial charge on any atom is -0.444 e. The maximum absolute atomic E-state index is 14.8. The van der Waals surface area contributed by atoms with Crippen LogP contribution in [0.5, 0.6) is 0 Å². The number of carbonyl (C=O) groups is 5. The van der Waals surface area contributed by atoms with Crippen LogP contribution in [0.15, 0.2) is 89.8 Å². The number of likely N-dealkylation sites (tertiary alicyclic amines) is 1. The molecule has 3 aromatic rings. The lowest BCUT2D eigenvalue weighted by Crippen LogP contribution is -2.60. The third-order valence-corrected chi connectivity index (χ3v) is 17.3. The highest BCUT2D eigenvalue weighted by molar-refractivity contribution is 8.76. The topological polar surface area (TPSA) is 167 Å². The number of fused-ring (bicyclic) bond motifs is 1. The average Bonchev–Trinajstić information content (AvgIpc) is 3.99. The lowest BCUT2D eigenvalue weighted by molar-refractivity contribution is -0.148. The van der Waals surface area contributed by atoms with Crippen molar-refractivity contribution in [3.05, 3.63) is 102 Å². The molecule has 0 bridgehead atoms. The van der Waals surface area contributed by atoms with Crippen LogP contribution in [0, 0.1) is 23.7 Å². The zero-order chi connectivity index (χ0) is 52.1. The van der Waals surface area contributed by atoms with Crippen molar-refractivity contribution in [3.63, 3.8) is 0 Å². The molecule has 0 spiro atoms. The summed E-state index contributed by atoms with van der Waals surface area (Å²) in [5.41, 5.74) is 2.94. The third kappa shape index (κ3) is 14.3. The largest absolute Gasteiger partial charge is 0.444 e. The predicted octanol–water partition coefficient (Wildman–Crippen LogP) is 8.49. The Hall–Kier alpha value is -4.61. The normalized spacial score (nSPS) is 20.4. The minimum atomic E-state index is -0.965. The summed E-state index contributed by atoms with van der Waals surface area (Å²) in [6.45, 7) is 15.5. The number of nitrogens with zero attached hydrogens (tertiary/aromatic N) is 3. The van der Waals surface area contributed by atoms with Gasteiger partial charge in [0.25, 0.3) is 0 Å². The Balaban J connectivity index is 1.26. The van der Waals surface area contributed by atoms with E-state index in [0.29, 0.717) is 31.4 Å². The summed E-state index contributed by atoms with van der Waals surface area (Å²) in [7, 11) is 9.64. The molecule has 0 radical (unpaired) electrons. The Labute approximate surface area is 430 Å². The lowest BCUT2D eigenvalue weighted by atomic mass is 9.89. The first-order valence-corrected chi connectivity index (χ1v) is 27.4. The van der Waals surface area contributed by atoms with Gasteiger partial charge in [-0.05, 0) is 66.3 Å². The van der Waals surface area contributed by atoms with E-state index in [1.165, 1.54) is 4.90 Å². The second-order valence-electron chi connectivity index (χ2n) is 20.0. The molecular weight excluding hydrogens is 939 g/mol. The first kappa shape index (κ1) is 57.3. The fourth-order valence-electron chi connectivity index (χ4n) is 10.2. The van der Waals surface area contributed by atoms with Gasteiger partial charge in [0.15, 0.2) is 0 Å². The Morgan fingerprint density at radius 2 is 1.44 bits per heavy atom. The molecule has 5 rings (SSSR count). The summed E-state index contributed by atoms with van der Waals surface area (Å²) in [5.74, 6) is -2.71. The van der Waals surface area contributed by atoms with Gasteiger partial charge in [0, 0.05) is 46.2 Å². The van der Waals surface area contributed by atoms with Crippen LogP contribution in [0.1, 0.15) is 109 Å². The van der Waals surface area contributed by atoms with Crippen LogP contribution in [0.25, 0.3) is 0 Å². The van der Waals surface area contributed by atoms with Crippen LogP contribution in [-0.2, 0) is 39.8 Å². The third-order valence-electron chi connectivity index (χ3n) is 14.4. The number of carbonyl (C=O) groups excluding carboxylic acids is 5. The molecule has 14 nitrogen and oxygen atoms in total. The number of ether oxygens (including phenoxy) is 3. The minimum absolute atomic E-state index is 0.0334. The van der Waals surface area contributed by atoms with Gasteiger partial charge in [0.1, 0.15) is 18.2 Å². The highest BCUT2D eigenvalue weighted by Crippen LogP contribution is 2.50. The van der Waals surface area contributed by atoms with Crippen LogP contribution < -0.4 is 10.6 Å². The van der Waals surface area contributed by atoms with Crippen molar-refractivity contribution in [1.82, 2.24) is 25.3 Å². The average molecular weight is 1020 g/mol. The van der Waals surface area contributed by atoms with Gasteiger partial charge in [-0.25, -0.2) is 4.79 Å². The van der Waals surface area contributed by atoms with E-state index in [0.717, 1.165) is 22.4 Å². The maximum Gasteiger partial charge on any atom is 0.410 e. The quantitative estimate of drug-likeness (QED) is 0.0737. The molecule has 12 atom stereocenters. The molecule has 1 fully saturated rings. The molecule has 71 heavy (non-hydrogen) atoms. The number of hydrogen-bond acceptors (Lipinski definition) is 11. The van der Waals surface area contributed by atoms with E-state index in [-0.39, 0.29) is 53.2 Å². The zero-order valence-corrected chi connectivity index (χ0v) is 45.4. The molecule has 1 aliphatic carbocycles. The fraction of sp³-hybridized carbons (Fsp3) is 0.582. The van der Waals surface area contributed by atoms with Crippen LogP contribution in [0.2, 0.25) is 0 Å². The monoisotopic (exact) mass is 1020 g/mol. The number of amides is 5. The maximum atomic E-state index is 14.8. The van der Waals surface area contributed by atoms with E-state index >= 15 is 0 Å². The molecule has 5 amide bonds. The van der Waals surface area contributed by atoms with Gasteiger partial charge in [0.2, 0.25) is 23.6 Å². The molecule has 0 aromatic heterocycles. The Morgan fingerprint density at radius 1 is 0.803 bits per heavy atom. The Kier molecular flexibility index (Phi) is 21.7. The molecule has 1 aliphatic heterocycles. The van der Waals surface area contributed by atoms with Crippen LogP contribution >= 0.6 is 21.6 Å². The highest BCUT2D eigenvalue weighted by Gasteiger charge is 2.44. The molecule has 390 valence electrons. The molecule has 3 N–H and O–H groups in total. The first-order chi connectivity index (χ1) is 33.8. The van der Waals surface area contributed by atoms with E-state index in [1.54, 1.807) is 73.6 Å². The molecule has 1 heterocycles. The van der Waals surface area contributed by atoms with Crippen molar-refractivity contribution in [2.24, 2.45) is 23.7 Å². The van der Waals surface area contributed by atoms with Gasteiger partial charge in [-0.2, -0.15) is 0 Å². The summed E-state index contributed by atoms with van der Waals surface area (Å²) >= 11 is 0. The number of likely N-dealkylation sites (N-methyl/N-ethyl adjacent to an activating group) is 2. The molecule has 3 aromatic carbocycles. The smallest absolute Gasteiger partial charge is 0.410 e. The van der Waals surface area contributed by atoms with Crippen molar-refractivity contribution < 1.29 is 43.3 Å². The van der Waals surface area contributed by atoms with Crippen molar-refractivity contribution in [2.45, 2.75) is 152 Å². The van der Waals surface area contributed by atoms with Gasteiger partial charge in [0.05, 0.1) is 54.0 Å². The summed E-state index contributed by atoms with van der Waals surface area (Å²) in [4.78, 5) is 77.2. The number of hydrogen-bond donors (Lipinski definition) is 3. The Bertz CT molecular complexity index is 2200. The standard InChI is InChI=1S/C55H79N5O9S2/c1-13-35(6)48(43(67-11)32-45(61)60-30-22-29-42(60)50(68-12)36(7)52(63)56-37(8)49(62)38-23-16-14-17-24-38)58(9)54(65)46(33(2)3)57-53(64)47(34(4)5)59(10)55(66)69-44-31-39-25-20-21-28-41(39)51(44)71-70-40-26-18-15-19-27-40/h14-21,23-28,33-37,42-44,46-51,62H,13,22,29-32H2,1-12H3,(H,56,63)(H,57,64)/t35-,36+,37+,42-,43+,44-,46-,47-,48-,49+,50+,51-/m0/s1. The van der Waals surface area contributed by atoms with E-state index < -0.39 is 66.5 Å². The second kappa shape index (κ2) is 26.9. The van der Waals surface area contributed by atoms with Gasteiger partial charge in [-0.15, -0.1) is 0 Å². The number of aliphatic hydroxyl groups is 1. The van der Waals surface area contributed by atoms with Crippen molar-refractivity contribution in [2.75, 3.05) is 34.9 Å². The summed E-state index contributed by atoms with van der Waals surface area (Å²) in [6, 6.07) is 23.9. The molecular formula is C55H79N5O9S2. The van der Waals surface area contributed by atoms with E-state index in [9.17, 15) is 29.1 Å². The number of methoxy groups -OCH3 is 2. The number of rotatable bonds is 24. The second-order valence-corrected chi connectivity index (χ2v) is 22.4. The van der Waals surface area contributed by atoms with Crippen molar-refractivity contribution in [1.29, 1.82) is 0 Å². The summed E-state index contributed by atoms with van der Waals surface area (Å²) in [6.07, 6.45) is -0.764. The van der Waals surface area contributed by atoms with Crippen LogP contribution in [-0.4, -0.2) is 133 Å². The van der Waals surface area contributed by atoms with Gasteiger partial charge in [-0.1, -0.05) is 149 Å². The Morgan fingerprint density at radius 3 is 2.04 bits per heavy atom. The van der Waals surface area contributed by atoms with Gasteiger partial charge >= 0.3 is 6.09 Å². The van der Waals surface area contributed by atoms with Crippen LogP contribution in [0.4, 0.5) is 4.79 Å². The number of aliphatic hydroxyl groups excluding tert-OH is 1. The van der Waals surface area contributed by atoms with E-state index in [1.807, 2.05) is 114 Å². The predicted molar refractivity (Wildman–Crippen MR) is 281 cm³/mol. The number of benzene rings is 3. The highest BCUT2D eigenvalue weighted by atomic mass is 33.1. The number of nitrogens with one attached hydrogen (secondary N) is 2. The molecule has 0 unspecified atom stereocenters. The summed E-state index contributed by atoms with van der Waals surface area (Å²) in [5, 5.41) is 16.8. The summed E-state index contributed by atoms with van der Waals surface area (Å²) < 4.78 is 18.3. The zero-order valence-electron chi connectivity index (χ0n) is 43.8. The lowest BCUT2D eigenvalue weighted by Gasteiger charge is -2.41. The molecule has 2 aliphatic rings. The van der Waals surface area contributed by atoms with Crippen molar-refractivity contribution in [3.8, 4) is 0 Å². The fourth-order valence-corrected chi connectivity index (χ4v) is 13.0. The molecule has 0 saturated carbocycles. The van der Waals surface area contributed by atoms with Crippen LogP contribution in [0.3, 0.4) is 0 Å². The SMILES string of the molecule is CC[C@H](C)[C@@H]([C@@H](CC(=O)N1CCC[C@H]1[C@H](OC)[C@@H](C)C(=O)N[C@H](C)[C@@H](O)c1ccccc1)OC)N(C)C(=O)[C@@H](NC(=O)[C@H](C(C)C)N(C)C(=O)O[C@H]1Cc2ccccc2[C@@H]1SSc1ccccc1)C(C)C. The van der Waals surface area contributed by atoms with E-state index in [4.69, 9.17) is 14.2 Å². The molecule has 1 saturated heterocycles.